The lowest BCUT2D eigenvalue weighted by molar-refractivity contribution is 0.307. The van der Waals surface area contributed by atoms with Crippen molar-refractivity contribution in [1.29, 1.82) is 0 Å². The molecule has 1 saturated heterocycles. The van der Waals surface area contributed by atoms with Crippen molar-refractivity contribution in [2.24, 2.45) is 0 Å². The Balaban J connectivity index is 2.13. The van der Waals surface area contributed by atoms with E-state index in [0.717, 1.165) is 31.9 Å². The molecule has 16 heavy (non-hydrogen) atoms. The zero-order valence-corrected chi connectivity index (χ0v) is 10.1. The predicted octanol–water partition coefficient (Wildman–Crippen LogP) is 1.64. The molecular formula is C13H19N2O. The first-order valence-corrected chi connectivity index (χ1v) is 5.87. The van der Waals surface area contributed by atoms with E-state index >= 15 is 0 Å². The molecule has 1 fully saturated rings. The van der Waals surface area contributed by atoms with Gasteiger partial charge in [-0.1, -0.05) is 6.07 Å². The molecule has 0 unspecified atom stereocenters. The lowest BCUT2D eigenvalue weighted by Gasteiger charge is -2.34. The van der Waals surface area contributed by atoms with Gasteiger partial charge in [0.15, 0.2) is 0 Å². The Labute approximate surface area is 97.6 Å². The summed E-state index contributed by atoms with van der Waals surface area (Å²) in [6, 6.07) is 9.06. The normalized spacial score (nSPS) is 17.5. The van der Waals surface area contributed by atoms with Crippen LogP contribution < -0.4 is 9.64 Å². The number of nitrogens with zero attached hydrogens (tertiary/aromatic N) is 2. The number of rotatable bonds is 3. The molecule has 0 bridgehead atoms. The van der Waals surface area contributed by atoms with Crippen molar-refractivity contribution < 1.29 is 4.74 Å². The summed E-state index contributed by atoms with van der Waals surface area (Å²) in [6.07, 6.45) is 0. The van der Waals surface area contributed by atoms with Crippen LogP contribution in [0.3, 0.4) is 0 Å². The Morgan fingerprint density at radius 2 is 2.06 bits per heavy atom. The highest BCUT2D eigenvalue weighted by molar-refractivity contribution is 5.58. The molecule has 0 amide bonds. The largest absolute Gasteiger partial charge is 0.492 e. The molecule has 0 aliphatic carbocycles. The monoisotopic (exact) mass is 219 g/mol. The maximum Gasteiger partial charge on any atom is 0.142 e. The number of hydrogen-bond donors (Lipinski definition) is 0. The van der Waals surface area contributed by atoms with Gasteiger partial charge in [0, 0.05) is 26.2 Å². The van der Waals surface area contributed by atoms with E-state index in [1.165, 1.54) is 5.69 Å². The summed E-state index contributed by atoms with van der Waals surface area (Å²) in [5, 5.41) is 0. The summed E-state index contributed by atoms with van der Waals surface area (Å²) >= 11 is 0. The molecule has 87 valence electrons. The molecule has 0 atom stereocenters. The first-order chi connectivity index (χ1) is 7.81. The molecule has 1 radical (unpaired) electrons. The van der Waals surface area contributed by atoms with Gasteiger partial charge in [0.2, 0.25) is 0 Å². The molecule has 1 aliphatic heterocycles. The molecule has 0 N–H and O–H groups in total. The van der Waals surface area contributed by atoms with E-state index in [-0.39, 0.29) is 0 Å². The maximum absolute atomic E-state index is 5.64. The summed E-state index contributed by atoms with van der Waals surface area (Å²) in [5.41, 5.74) is 1.18. The van der Waals surface area contributed by atoms with Gasteiger partial charge in [0.25, 0.3) is 0 Å². The molecule has 1 heterocycles. The molecule has 1 aromatic rings. The van der Waals surface area contributed by atoms with Gasteiger partial charge in [-0.25, -0.2) is 0 Å². The van der Waals surface area contributed by atoms with E-state index in [4.69, 9.17) is 4.74 Å². The summed E-state index contributed by atoms with van der Waals surface area (Å²) in [7, 11) is 2.16. The van der Waals surface area contributed by atoms with Gasteiger partial charge >= 0.3 is 0 Å². The third-order valence-electron chi connectivity index (χ3n) is 2.95. The summed E-state index contributed by atoms with van der Waals surface area (Å²) < 4.78 is 5.64. The topological polar surface area (TPSA) is 15.7 Å². The zero-order valence-electron chi connectivity index (χ0n) is 10.1. The summed E-state index contributed by atoms with van der Waals surface area (Å²) in [4.78, 5) is 4.73. The molecule has 3 nitrogen and oxygen atoms in total. The Hall–Kier alpha value is -1.22. The van der Waals surface area contributed by atoms with Crippen LogP contribution in [-0.2, 0) is 0 Å². The highest BCUT2D eigenvalue weighted by Crippen LogP contribution is 2.28. The van der Waals surface area contributed by atoms with Crippen molar-refractivity contribution >= 4 is 5.69 Å². The van der Waals surface area contributed by atoms with Crippen LogP contribution in [0, 0.1) is 6.07 Å². The van der Waals surface area contributed by atoms with E-state index in [1.807, 2.05) is 25.1 Å². The second-order valence-corrected chi connectivity index (χ2v) is 4.12. The maximum atomic E-state index is 5.64. The van der Waals surface area contributed by atoms with E-state index in [1.54, 1.807) is 0 Å². The Bertz CT molecular complexity index is 332. The van der Waals surface area contributed by atoms with Gasteiger partial charge in [0.1, 0.15) is 5.75 Å². The highest BCUT2D eigenvalue weighted by atomic mass is 16.5. The van der Waals surface area contributed by atoms with Gasteiger partial charge < -0.3 is 14.5 Å². The van der Waals surface area contributed by atoms with Gasteiger partial charge in [0.05, 0.1) is 12.3 Å². The smallest absolute Gasteiger partial charge is 0.142 e. The quantitative estimate of drug-likeness (QED) is 0.768. The number of ether oxygens (including phenoxy) is 1. The summed E-state index contributed by atoms with van der Waals surface area (Å²) in [5.74, 6) is 0.978. The fourth-order valence-electron chi connectivity index (χ4n) is 1.98. The minimum Gasteiger partial charge on any atom is -0.492 e. The first-order valence-electron chi connectivity index (χ1n) is 5.87. The average molecular weight is 219 g/mol. The average Bonchev–Trinajstić information content (AvgIpc) is 2.32. The zero-order chi connectivity index (χ0) is 11.4. The molecule has 0 spiro atoms. The van der Waals surface area contributed by atoms with Crippen molar-refractivity contribution in [3.8, 4) is 5.75 Å². The van der Waals surface area contributed by atoms with Crippen molar-refractivity contribution in [3.63, 3.8) is 0 Å². The number of hydrogen-bond acceptors (Lipinski definition) is 3. The van der Waals surface area contributed by atoms with Crippen molar-refractivity contribution in [2.75, 3.05) is 44.7 Å². The van der Waals surface area contributed by atoms with E-state index in [9.17, 15) is 0 Å². The molecule has 2 rings (SSSR count). The minimum atomic E-state index is 0.713. The molecule has 1 aromatic carbocycles. The fourth-order valence-corrected chi connectivity index (χ4v) is 1.98. The van der Waals surface area contributed by atoms with E-state index < -0.39 is 0 Å². The molecule has 1 aliphatic rings. The number of benzene rings is 1. The van der Waals surface area contributed by atoms with Gasteiger partial charge in [-0.05, 0) is 32.2 Å². The molecule has 0 aromatic heterocycles. The summed E-state index contributed by atoms with van der Waals surface area (Å²) in [6.45, 7) is 7.08. The van der Waals surface area contributed by atoms with Crippen LogP contribution in [-0.4, -0.2) is 44.7 Å². The molecule has 3 heteroatoms. The Morgan fingerprint density at radius 3 is 2.75 bits per heavy atom. The van der Waals surface area contributed by atoms with Crippen LogP contribution in [0.2, 0.25) is 0 Å². The lowest BCUT2D eigenvalue weighted by atomic mass is 10.2. The third-order valence-corrected chi connectivity index (χ3v) is 2.95. The Kier molecular flexibility index (Phi) is 3.67. The van der Waals surface area contributed by atoms with Crippen LogP contribution in [0.15, 0.2) is 18.2 Å². The molecular weight excluding hydrogens is 200 g/mol. The predicted molar refractivity (Wildman–Crippen MR) is 66.2 cm³/mol. The van der Waals surface area contributed by atoms with E-state index in [0.29, 0.717) is 6.61 Å². The van der Waals surface area contributed by atoms with Crippen LogP contribution in [0.4, 0.5) is 5.69 Å². The van der Waals surface area contributed by atoms with Gasteiger partial charge in [-0.3, -0.25) is 0 Å². The number of anilines is 1. The minimum absolute atomic E-state index is 0.713. The van der Waals surface area contributed by atoms with Crippen LogP contribution >= 0.6 is 0 Å². The van der Waals surface area contributed by atoms with Crippen LogP contribution in [0.5, 0.6) is 5.75 Å². The van der Waals surface area contributed by atoms with Crippen LogP contribution in [0.1, 0.15) is 6.92 Å². The SMILES string of the molecule is CCOc1cc[c]cc1N1CCN(C)CC1. The lowest BCUT2D eigenvalue weighted by Crippen LogP contribution is -2.44. The fraction of sp³-hybridized carbons (Fsp3) is 0.538. The Morgan fingerprint density at radius 1 is 1.31 bits per heavy atom. The highest BCUT2D eigenvalue weighted by Gasteiger charge is 2.16. The first kappa shape index (κ1) is 11.3. The second-order valence-electron chi connectivity index (χ2n) is 4.12. The van der Waals surface area contributed by atoms with Crippen LogP contribution in [0.25, 0.3) is 0 Å². The van der Waals surface area contributed by atoms with Crippen molar-refractivity contribution in [1.82, 2.24) is 4.90 Å². The number of likely N-dealkylation sites (N-methyl/N-ethyl adjacent to an activating group) is 1. The number of piperazine rings is 1. The van der Waals surface area contributed by atoms with E-state index in [2.05, 4.69) is 22.9 Å². The third kappa shape index (κ3) is 2.47. The standard InChI is InChI=1S/C13H19N2O/c1-3-16-13-7-5-4-6-12(13)15-10-8-14(2)9-11-15/h5-7H,3,8-11H2,1-2H3. The van der Waals surface area contributed by atoms with Gasteiger partial charge in [-0.15, -0.1) is 0 Å². The van der Waals surface area contributed by atoms with Gasteiger partial charge in [-0.2, -0.15) is 0 Å². The van der Waals surface area contributed by atoms with Crippen molar-refractivity contribution in [3.05, 3.63) is 24.3 Å². The second kappa shape index (κ2) is 5.21. The molecule has 0 saturated carbocycles. The van der Waals surface area contributed by atoms with Crippen molar-refractivity contribution in [2.45, 2.75) is 6.92 Å².